The van der Waals surface area contributed by atoms with Crippen molar-refractivity contribution in [3.8, 4) is 0 Å². The average Bonchev–Trinajstić information content (AvgIpc) is 2.65. The zero-order chi connectivity index (χ0) is 20.2. The van der Waals surface area contributed by atoms with E-state index in [0.29, 0.717) is 12.8 Å². The smallest absolute Gasteiger partial charge is 0.325 e. The SMILES string of the molecule is CCN(CC)OC(=O)CCCCCCCCCCCCCCCCC(N)=O. The van der Waals surface area contributed by atoms with E-state index in [0.717, 1.165) is 38.8 Å². The van der Waals surface area contributed by atoms with Crippen molar-refractivity contribution in [2.75, 3.05) is 13.1 Å². The molecule has 0 aliphatic carbocycles. The molecule has 27 heavy (non-hydrogen) atoms. The van der Waals surface area contributed by atoms with Crippen LogP contribution in [0.25, 0.3) is 0 Å². The molecule has 0 unspecified atom stereocenters. The van der Waals surface area contributed by atoms with Crippen molar-refractivity contribution in [1.29, 1.82) is 0 Å². The van der Waals surface area contributed by atoms with Gasteiger partial charge in [0.2, 0.25) is 5.91 Å². The predicted molar refractivity (Wildman–Crippen MR) is 112 cm³/mol. The molecule has 0 atom stereocenters. The van der Waals surface area contributed by atoms with Gasteiger partial charge in [-0.15, -0.1) is 5.06 Å². The second-order valence-corrected chi connectivity index (χ2v) is 7.49. The first-order valence-electron chi connectivity index (χ1n) is 11.3. The fraction of sp³-hybridized carbons (Fsp3) is 0.909. The first-order valence-corrected chi connectivity index (χ1v) is 11.3. The Kier molecular flexibility index (Phi) is 18.9. The lowest BCUT2D eigenvalue weighted by Crippen LogP contribution is -2.26. The van der Waals surface area contributed by atoms with Crippen molar-refractivity contribution >= 4 is 11.9 Å². The van der Waals surface area contributed by atoms with E-state index >= 15 is 0 Å². The van der Waals surface area contributed by atoms with Gasteiger partial charge in [-0.1, -0.05) is 77.0 Å². The van der Waals surface area contributed by atoms with Crippen molar-refractivity contribution in [2.45, 2.75) is 117 Å². The summed E-state index contributed by atoms with van der Waals surface area (Å²) in [7, 11) is 0. The average molecular weight is 385 g/mol. The highest BCUT2D eigenvalue weighted by molar-refractivity contribution is 5.73. The minimum Gasteiger partial charge on any atom is -0.370 e. The Labute approximate surface area is 167 Å². The summed E-state index contributed by atoms with van der Waals surface area (Å²) in [6.07, 6.45) is 18.3. The van der Waals surface area contributed by atoms with Gasteiger partial charge in [0.15, 0.2) is 0 Å². The van der Waals surface area contributed by atoms with Crippen LogP contribution < -0.4 is 5.73 Å². The molecule has 0 aromatic rings. The van der Waals surface area contributed by atoms with Crippen molar-refractivity contribution < 1.29 is 14.4 Å². The molecular weight excluding hydrogens is 340 g/mol. The van der Waals surface area contributed by atoms with E-state index in [1.54, 1.807) is 5.06 Å². The Hall–Kier alpha value is -1.10. The van der Waals surface area contributed by atoms with Crippen molar-refractivity contribution in [3.05, 3.63) is 0 Å². The van der Waals surface area contributed by atoms with E-state index in [4.69, 9.17) is 10.6 Å². The topological polar surface area (TPSA) is 72.6 Å². The van der Waals surface area contributed by atoms with Crippen LogP contribution in [0.3, 0.4) is 0 Å². The third-order valence-electron chi connectivity index (χ3n) is 4.99. The van der Waals surface area contributed by atoms with Crippen LogP contribution in [0.2, 0.25) is 0 Å². The van der Waals surface area contributed by atoms with Crippen LogP contribution in [0.5, 0.6) is 0 Å². The molecule has 0 aromatic heterocycles. The van der Waals surface area contributed by atoms with Crippen LogP contribution in [0.4, 0.5) is 0 Å². The molecule has 5 heteroatoms. The zero-order valence-electron chi connectivity index (χ0n) is 18.0. The number of amides is 1. The Bertz CT molecular complexity index is 357. The molecule has 0 aliphatic heterocycles. The summed E-state index contributed by atoms with van der Waals surface area (Å²) in [5.74, 6) is -0.264. The Balaban J connectivity index is 3.19. The highest BCUT2D eigenvalue weighted by Gasteiger charge is 2.07. The number of nitrogens with two attached hydrogens (primary N) is 1. The number of unbranched alkanes of at least 4 members (excludes halogenated alkanes) is 13. The molecule has 1 amide bonds. The molecule has 0 saturated heterocycles. The maximum absolute atomic E-state index is 11.6. The minimum absolute atomic E-state index is 0.0911. The van der Waals surface area contributed by atoms with Crippen LogP contribution in [0, 0.1) is 0 Å². The van der Waals surface area contributed by atoms with E-state index in [2.05, 4.69) is 0 Å². The molecule has 0 saturated carbocycles. The van der Waals surface area contributed by atoms with Gasteiger partial charge >= 0.3 is 5.97 Å². The van der Waals surface area contributed by atoms with E-state index in [1.165, 1.54) is 64.2 Å². The molecule has 0 radical (unpaired) electrons. The molecule has 0 bridgehead atoms. The monoisotopic (exact) mass is 384 g/mol. The van der Waals surface area contributed by atoms with E-state index in [1.807, 2.05) is 13.8 Å². The van der Waals surface area contributed by atoms with E-state index in [9.17, 15) is 9.59 Å². The standard InChI is InChI=1S/C22H44N2O3/c1-3-24(4-2)27-22(26)20-18-16-14-12-10-8-6-5-7-9-11-13-15-17-19-21(23)25/h3-20H2,1-2H3,(H2,23,25). The van der Waals surface area contributed by atoms with Gasteiger partial charge in [0, 0.05) is 25.9 Å². The lowest BCUT2D eigenvalue weighted by atomic mass is 10.0. The normalized spacial score (nSPS) is 11.1. The fourth-order valence-corrected chi connectivity index (χ4v) is 3.23. The molecule has 0 heterocycles. The lowest BCUT2D eigenvalue weighted by molar-refractivity contribution is -0.188. The second-order valence-electron chi connectivity index (χ2n) is 7.49. The van der Waals surface area contributed by atoms with Crippen LogP contribution in [0.1, 0.15) is 117 Å². The molecule has 0 aliphatic rings. The van der Waals surface area contributed by atoms with E-state index < -0.39 is 0 Å². The molecule has 0 fully saturated rings. The number of hydrogen-bond acceptors (Lipinski definition) is 4. The van der Waals surface area contributed by atoms with Crippen LogP contribution >= 0.6 is 0 Å². The summed E-state index contributed by atoms with van der Waals surface area (Å²) in [6, 6.07) is 0. The molecular formula is C22H44N2O3. The number of carbonyl (C=O) groups is 2. The van der Waals surface area contributed by atoms with Gasteiger partial charge in [-0.25, -0.2) is 0 Å². The van der Waals surface area contributed by atoms with Gasteiger partial charge in [-0.05, 0) is 26.7 Å². The van der Waals surface area contributed by atoms with Gasteiger partial charge in [0.05, 0.1) is 0 Å². The largest absolute Gasteiger partial charge is 0.370 e. The summed E-state index contributed by atoms with van der Waals surface area (Å²) >= 11 is 0. The number of hydrogen-bond donors (Lipinski definition) is 1. The molecule has 0 aromatic carbocycles. The Morgan fingerprint density at radius 3 is 1.30 bits per heavy atom. The number of carbonyl (C=O) groups excluding carboxylic acids is 2. The molecule has 0 rings (SSSR count). The lowest BCUT2D eigenvalue weighted by Gasteiger charge is -2.16. The van der Waals surface area contributed by atoms with E-state index in [-0.39, 0.29) is 11.9 Å². The first-order chi connectivity index (χ1) is 13.1. The number of rotatable bonds is 20. The van der Waals surface area contributed by atoms with Crippen molar-refractivity contribution in [1.82, 2.24) is 5.06 Å². The fourth-order valence-electron chi connectivity index (χ4n) is 3.23. The zero-order valence-corrected chi connectivity index (χ0v) is 18.0. The number of primary amides is 1. The molecule has 160 valence electrons. The number of hydroxylamine groups is 2. The Morgan fingerprint density at radius 2 is 0.963 bits per heavy atom. The number of nitrogens with zero attached hydrogens (tertiary/aromatic N) is 1. The Morgan fingerprint density at radius 1 is 0.630 bits per heavy atom. The maximum atomic E-state index is 11.6. The molecule has 5 nitrogen and oxygen atoms in total. The van der Waals surface area contributed by atoms with Gasteiger partial charge < -0.3 is 10.6 Å². The molecule has 2 N–H and O–H groups in total. The third kappa shape index (κ3) is 19.5. The van der Waals surface area contributed by atoms with Gasteiger partial charge in [0.1, 0.15) is 0 Å². The highest BCUT2D eigenvalue weighted by Crippen LogP contribution is 2.14. The summed E-state index contributed by atoms with van der Waals surface area (Å²) in [5, 5.41) is 1.70. The van der Waals surface area contributed by atoms with Crippen LogP contribution in [0.15, 0.2) is 0 Å². The van der Waals surface area contributed by atoms with Gasteiger partial charge in [0.25, 0.3) is 0 Å². The summed E-state index contributed by atoms with van der Waals surface area (Å²) in [6.45, 7) is 5.48. The summed E-state index contributed by atoms with van der Waals surface area (Å²) < 4.78 is 0. The minimum atomic E-state index is -0.173. The third-order valence-corrected chi connectivity index (χ3v) is 4.99. The van der Waals surface area contributed by atoms with Gasteiger partial charge in [-0.3, -0.25) is 9.59 Å². The highest BCUT2D eigenvalue weighted by atomic mass is 16.7. The summed E-state index contributed by atoms with van der Waals surface area (Å²) in [5.41, 5.74) is 5.12. The van der Waals surface area contributed by atoms with Crippen LogP contribution in [-0.4, -0.2) is 30.0 Å². The quantitative estimate of drug-likeness (QED) is 0.222. The molecule has 0 spiro atoms. The first kappa shape index (κ1) is 25.9. The van der Waals surface area contributed by atoms with Crippen LogP contribution in [-0.2, 0) is 14.4 Å². The second kappa shape index (κ2) is 19.7. The predicted octanol–water partition coefficient (Wildman–Crippen LogP) is 5.51. The van der Waals surface area contributed by atoms with Gasteiger partial charge in [-0.2, -0.15) is 0 Å². The van der Waals surface area contributed by atoms with Crippen molar-refractivity contribution in [3.63, 3.8) is 0 Å². The summed E-state index contributed by atoms with van der Waals surface area (Å²) in [4.78, 5) is 27.5. The van der Waals surface area contributed by atoms with Crippen molar-refractivity contribution in [2.24, 2.45) is 5.73 Å². The maximum Gasteiger partial charge on any atom is 0.325 e.